The monoisotopic (exact) mass is 363 g/mol. The van der Waals surface area contributed by atoms with E-state index in [4.69, 9.17) is 25.4 Å². The first-order valence-electron chi connectivity index (χ1n) is 6.93. The second-order valence-electron chi connectivity index (χ2n) is 4.18. The van der Waals surface area contributed by atoms with Crippen LogP contribution < -0.4 is 4.74 Å². The standard InChI is InChI=1S/C14H19ClNO6P/c1-4-20-23(18,21-5-2)11(3)16-22-14(17)10-19-13-8-6-7-12(15)9-13/h6-9H,4-5,10H2,1-3H3. The molecule has 0 atom stereocenters. The van der Waals surface area contributed by atoms with Crippen molar-refractivity contribution in [1.29, 1.82) is 0 Å². The molecule has 0 spiro atoms. The summed E-state index contributed by atoms with van der Waals surface area (Å²) in [5, 5.41) is 4.00. The third-order valence-corrected chi connectivity index (χ3v) is 4.73. The van der Waals surface area contributed by atoms with Crippen LogP contribution in [0.4, 0.5) is 0 Å². The number of halogens is 1. The Labute approximate surface area is 140 Å². The van der Waals surface area contributed by atoms with Crippen molar-refractivity contribution < 1.29 is 28.0 Å². The molecule has 1 aromatic rings. The number of hydrogen-bond donors (Lipinski definition) is 0. The van der Waals surface area contributed by atoms with Gasteiger partial charge in [-0.05, 0) is 39.0 Å². The van der Waals surface area contributed by atoms with Gasteiger partial charge in [-0.25, -0.2) is 4.79 Å². The second kappa shape index (κ2) is 9.67. The third kappa shape index (κ3) is 6.71. The van der Waals surface area contributed by atoms with Crippen LogP contribution in [0.15, 0.2) is 29.4 Å². The van der Waals surface area contributed by atoms with Gasteiger partial charge in [0.2, 0.25) is 0 Å². The fourth-order valence-electron chi connectivity index (χ4n) is 1.46. The summed E-state index contributed by atoms with van der Waals surface area (Å²) in [5.74, 6) is -0.340. The minimum atomic E-state index is -3.54. The Bertz CT molecular complexity index is 597. The lowest BCUT2D eigenvalue weighted by Gasteiger charge is -2.15. The molecule has 0 aliphatic rings. The quantitative estimate of drug-likeness (QED) is 0.287. The predicted molar refractivity (Wildman–Crippen MR) is 87.0 cm³/mol. The number of nitrogens with zero attached hydrogens (tertiary/aromatic N) is 1. The smallest absolute Gasteiger partial charge is 0.378 e. The van der Waals surface area contributed by atoms with Crippen molar-refractivity contribution in [3.8, 4) is 5.75 Å². The SMILES string of the molecule is CCOP(=O)(OCC)C(C)=NOC(=O)COc1cccc(Cl)c1. The van der Waals surface area contributed by atoms with Crippen LogP contribution in [0.2, 0.25) is 5.02 Å². The summed E-state index contributed by atoms with van der Waals surface area (Å²) >= 11 is 5.80. The van der Waals surface area contributed by atoms with E-state index < -0.39 is 13.6 Å². The van der Waals surface area contributed by atoms with Crippen molar-refractivity contribution in [3.05, 3.63) is 29.3 Å². The zero-order valence-electron chi connectivity index (χ0n) is 13.2. The highest BCUT2D eigenvalue weighted by Crippen LogP contribution is 2.49. The average molecular weight is 364 g/mol. The zero-order chi connectivity index (χ0) is 17.3. The number of hydrogen-bond acceptors (Lipinski definition) is 7. The summed E-state index contributed by atoms with van der Waals surface area (Å²) in [7, 11) is -3.54. The van der Waals surface area contributed by atoms with Gasteiger partial charge >= 0.3 is 13.6 Å². The van der Waals surface area contributed by atoms with E-state index in [9.17, 15) is 9.36 Å². The van der Waals surface area contributed by atoms with Crippen LogP contribution in [0, 0.1) is 0 Å². The summed E-state index contributed by atoms with van der Waals surface area (Å²) in [6.45, 7) is 4.72. The summed E-state index contributed by atoms with van der Waals surface area (Å²) < 4.78 is 27.7. The Balaban J connectivity index is 2.57. The molecule has 9 heteroatoms. The molecular weight excluding hydrogens is 345 g/mol. The van der Waals surface area contributed by atoms with Gasteiger partial charge in [0.25, 0.3) is 0 Å². The molecule has 0 N–H and O–H groups in total. The van der Waals surface area contributed by atoms with Gasteiger partial charge in [0.1, 0.15) is 5.75 Å². The number of oxime groups is 1. The van der Waals surface area contributed by atoms with E-state index in [1.165, 1.54) is 6.92 Å². The van der Waals surface area contributed by atoms with Crippen LogP contribution in [0.5, 0.6) is 5.75 Å². The average Bonchev–Trinajstić information content (AvgIpc) is 2.51. The van der Waals surface area contributed by atoms with Crippen molar-refractivity contribution in [2.24, 2.45) is 5.16 Å². The minimum Gasteiger partial charge on any atom is -0.482 e. The molecule has 0 saturated heterocycles. The van der Waals surface area contributed by atoms with Gasteiger partial charge in [0, 0.05) is 5.02 Å². The van der Waals surface area contributed by atoms with Gasteiger partial charge in [-0.1, -0.05) is 22.8 Å². The van der Waals surface area contributed by atoms with Crippen molar-refractivity contribution in [2.45, 2.75) is 20.8 Å². The molecule has 7 nitrogen and oxygen atoms in total. The van der Waals surface area contributed by atoms with Gasteiger partial charge in [-0.15, -0.1) is 0 Å². The molecule has 0 radical (unpaired) electrons. The molecule has 0 unspecified atom stereocenters. The van der Waals surface area contributed by atoms with Gasteiger partial charge in [-0.3, -0.25) is 4.57 Å². The fraction of sp³-hybridized carbons (Fsp3) is 0.429. The van der Waals surface area contributed by atoms with E-state index in [0.29, 0.717) is 10.8 Å². The Morgan fingerprint density at radius 3 is 2.48 bits per heavy atom. The van der Waals surface area contributed by atoms with Gasteiger partial charge in [0.05, 0.1) is 13.2 Å². The Morgan fingerprint density at radius 2 is 1.91 bits per heavy atom. The summed E-state index contributed by atoms with van der Waals surface area (Å²) in [5.41, 5.74) is -0.0442. The summed E-state index contributed by atoms with van der Waals surface area (Å²) in [4.78, 5) is 16.2. The lowest BCUT2D eigenvalue weighted by atomic mass is 10.3. The zero-order valence-corrected chi connectivity index (χ0v) is 14.8. The van der Waals surface area contributed by atoms with E-state index in [0.717, 1.165) is 0 Å². The first kappa shape index (κ1) is 19.6. The lowest BCUT2D eigenvalue weighted by Crippen LogP contribution is -2.13. The highest BCUT2D eigenvalue weighted by molar-refractivity contribution is 7.72. The Hall–Kier alpha value is -1.40. The minimum absolute atomic E-state index is 0.0442. The van der Waals surface area contributed by atoms with Crippen LogP contribution in [-0.2, 0) is 23.2 Å². The number of rotatable bonds is 9. The highest BCUT2D eigenvalue weighted by Gasteiger charge is 2.29. The highest BCUT2D eigenvalue weighted by atomic mass is 35.5. The van der Waals surface area contributed by atoms with E-state index >= 15 is 0 Å². The van der Waals surface area contributed by atoms with Crippen LogP contribution in [-0.4, -0.2) is 31.2 Å². The molecule has 128 valence electrons. The third-order valence-electron chi connectivity index (χ3n) is 2.43. The molecule has 0 fully saturated rings. The number of benzene rings is 1. The van der Waals surface area contributed by atoms with Gasteiger partial charge in [0.15, 0.2) is 12.1 Å². The second-order valence-corrected chi connectivity index (χ2v) is 6.78. The molecule has 0 aliphatic heterocycles. The van der Waals surface area contributed by atoms with Crippen molar-refractivity contribution in [2.75, 3.05) is 19.8 Å². The molecule has 0 aliphatic carbocycles. The molecular formula is C14H19ClNO6P. The van der Waals surface area contributed by atoms with Gasteiger partial charge < -0.3 is 18.6 Å². The van der Waals surface area contributed by atoms with Crippen molar-refractivity contribution in [1.82, 2.24) is 0 Å². The summed E-state index contributed by atoms with van der Waals surface area (Å²) in [6.07, 6.45) is 0. The molecule has 1 rings (SSSR count). The fourth-order valence-corrected chi connectivity index (χ4v) is 2.91. The molecule has 0 heterocycles. The lowest BCUT2D eigenvalue weighted by molar-refractivity contribution is -0.146. The molecule has 23 heavy (non-hydrogen) atoms. The molecule has 0 bridgehead atoms. The van der Waals surface area contributed by atoms with Crippen molar-refractivity contribution in [3.63, 3.8) is 0 Å². The number of ether oxygens (including phenoxy) is 1. The first-order valence-corrected chi connectivity index (χ1v) is 8.85. The maximum absolute atomic E-state index is 12.3. The Kier molecular flexibility index (Phi) is 8.26. The van der Waals surface area contributed by atoms with E-state index in [2.05, 4.69) is 9.99 Å². The molecule has 1 aromatic carbocycles. The number of carbonyl (C=O) groups excluding carboxylic acids is 1. The van der Waals surface area contributed by atoms with Crippen LogP contribution in [0.3, 0.4) is 0 Å². The van der Waals surface area contributed by atoms with Gasteiger partial charge in [-0.2, -0.15) is 0 Å². The van der Waals surface area contributed by atoms with Crippen LogP contribution in [0.25, 0.3) is 0 Å². The Morgan fingerprint density at radius 1 is 1.26 bits per heavy atom. The van der Waals surface area contributed by atoms with E-state index in [-0.39, 0.29) is 25.3 Å². The van der Waals surface area contributed by atoms with Crippen LogP contribution >= 0.6 is 19.2 Å². The van der Waals surface area contributed by atoms with Crippen LogP contribution in [0.1, 0.15) is 20.8 Å². The van der Waals surface area contributed by atoms with Crippen molar-refractivity contribution >= 4 is 30.6 Å². The first-order chi connectivity index (χ1) is 10.9. The number of carbonyl (C=O) groups is 1. The molecule has 0 amide bonds. The van der Waals surface area contributed by atoms with E-state index in [1.54, 1.807) is 38.1 Å². The topological polar surface area (TPSA) is 83.4 Å². The maximum atomic E-state index is 12.3. The normalized spacial score (nSPS) is 12.1. The summed E-state index contributed by atoms with van der Waals surface area (Å²) in [6, 6.07) is 6.57. The largest absolute Gasteiger partial charge is 0.482 e. The predicted octanol–water partition coefficient (Wildman–Crippen LogP) is 3.86. The molecule has 0 saturated carbocycles. The maximum Gasteiger partial charge on any atom is 0.378 e. The van der Waals surface area contributed by atoms with E-state index in [1.807, 2.05) is 0 Å². The molecule has 0 aromatic heterocycles.